The normalized spacial score (nSPS) is 21.9. The number of aromatic nitrogens is 1. The number of nitrogens with one attached hydrogen (secondary N) is 1. The first-order chi connectivity index (χ1) is 21.1. The van der Waals surface area contributed by atoms with Crippen LogP contribution in [0.4, 0.5) is 5.13 Å². The van der Waals surface area contributed by atoms with Crippen molar-refractivity contribution in [3.8, 4) is 5.75 Å². The summed E-state index contributed by atoms with van der Waals surface area (Å²) in [5.41, 5.74) is 16.1. The number of carbonyl (C=O) groups is 3. The fraction of sp³-hybridized carbons (Fsp3) is 0.440. The Labute approximate surface area is 261 Å². The number of nitrogens with two attached hydrogens (primary N) is 3. The Kier molecular flexibility index (Phi) is 9.92. The van der Waals surface area contributed by atoms with Gasteiger partial charge in [0.05, 0.1) is 5.54 Å². The molecule has 2 aromatic rings. The molecule has 45 heavy (non-hydrogen) atoms. The molecule has 2 aliphatic rings. The van der Waals surface area contributed by atoms with Gasteiger partial charge >= 0.3 is 16.4 Å². The van der Waals surface area contributed by atoms with Crippen LogP contribution < -0.4 is 27.3 Å². The summed E-state index contributed by atoms with van der Waals surface area (Å²) in [6.07, 6.45) is 0.172. The number of carboxylic acids is 1. The van der Waals surface area contributed by atoms with Gasteiger partial charge in [0.15, 0.2) is 10.8 Å². The number of rotatable bonds is 15. The number of ether oxygens (including phenoxy) is 1. The molecule has 0 bridgehead atoms. The van der Waals surface area contributed by atoms with Gasteiger partial charge in [-0.1, -0.05) is 5.16 Å². The summed E-state index contributed by atoms with van der Waals surface area (Å²) in [6, 6.07) is 5.37. The van der Waals surface area contributed by atoms with Gasteiger partial charge in [-0.25, -0.2) is 9.78 Å². The molecule has 1 aliphatic carbocycles. The summed E-state index contributed by atoms with van der Waals surface area (Å²) in [5, 5.41) is 17.5. The van der Waals surface area contributed by atoms with Crippen molar-refractivity contribution >= 4 is 56.2 Å². The molecule has 0 radical (unpaired) electrons. The van der Waals surface area contributed by atoms with E-state index in [9.17, 15) is 27.9 Å². The Morgan fingerprint density at radius 3 is 2.49 bits per heavy atom. The van der Waals surface area contributed by atoms with E-state index in [2.05, 4.69) is 24.7 Å². The fourth-order valence-corrected chi connectivity index (χ4v) is 5.22. The van der Waals surface area contributed by atoms with Crippen LogP contribution in [-0.2, 0) is 33.9 Å². The van der Waals surface area contributed by atoms with Crippen LogP contribution in [0.5, 0.6) is 5.75 Å². The van der Waals surface area contributed by atoms with Crippen LogP contribution in [0, 0.1) is 5.92 Å². The van der Waals surface area contributed by atoms with Gasteiger partial charge in [0.1, 0.15) is 29.9 Å². The maximum Gasteiger partial charge on any atom is 0.418 e. The van der Waals surface area contributed by atoms with Crippen molar-refractivity contribution in [1.82, 2.24) is 15.4 Å². The lowest BCUT2D eigenvalue weighted by Gasteiger charge is -2.50. The number of benzene rings is 1. The number of carboxylic acid groups (broad SMARTS) is 1. The lowest BCUT2D eigenvalue weighted by molar-refractivity contribution is -0.218. The smallest absolute Gasteiger partial charge is 0.418 e. The van der Waals surface area contributed by atoms with Gasteiger partial charge in [0.25, 0.3) is 17.9 Å². The molecule has 1 aromatic heterocycles. The third kappa shape index (κ3) is 8.42. The average Bonchev–Trinajstić information content (AvgIpc) is 3.50. The maximum atomic E-state index is 13.2. The largest absolute Gasteiger partial charge is 0.489 e. The molecule has 2 amide bonds. The van der Waals surface area contributed by atoms with Crippen LogP contribution in [-0.4, -0.2) is 94.3 Å². The van der Waals surface area contributed by atoms with E-state index in [0.29, 0.717) is 34.7 Å². The second-order valence-corrected chi connectivity index (χ2v) is 12.6. The molecule has 1 saturated carbocycles. The number of aliphatic imine (C=N–C) groups is 1. The van der Waals surface area contributed by atoms with Crippen LogP contribution in [0.25, 0.3) is 0 Å². The number of hydrogen-bond donors (Lipinski definition) is 6. The first kappa shape index (κ1) is 33.5. The molecule has 0 spiro atoms. The lowest BCUT2D eigenvalue weighted by atomic mass is 9.84. The highest BCUT2D eigenvalue weighted by atomic mass is 32.3. The third-order valence-corrected chi connectivity index (χ3v) is 7.97. The van der Waals surface area contributed by atoms with E-state index in [1.54, 1.807) is 24.3 Å². The molecule has 1 saturated heterocycles. The molecular weight excluding hydrogens is 636 g/mol. The van der Waals surface area contributed by atoms with E-state index in [0.717, 1.165) is 24.2 Å². The summed E-state index contributed by atoms with van der Waals surface area (Å²) in [4.78, 5) is 51.0. The summed E-state index contributed by atoms with van der Waals surface area (Å²) in [6.45, 7) is 2.75. The number of anilines is 1. The van der Waals surface area contributed by atoms with E-state index in [1.807, 2.05) is 0 Å². The minimum absolute atomic E-state index is 0.0534. The van der Waals surface area contributed by atoms with Crippen molar-refractivity contribution in [3.05, 3.63) is 40.9 Å². The highest BCUT2D eigenvalue weighted by Gasteiger charge is 2.58. The predicted molar refractivity (Wildman–Crippen MR) is 159 cm³/mol. The molecular formula is C25H32N8O10S2. The molecule has 18 nitrogen and oxygen atoms in total. The number of oxime groups is 1. The predicted octanol–water partition coefficient (Wildman–Crippen LogP) is -0.739. The molecule has 1 aromatic carbocycles. The van der Waals surface area contributed by atoms with Gasteiger partial charge in [0, 0.05) is 23.5 Å². The topological polar surface area (TPSA) is 284 Å². The Hall–Kier alpha value is -4.37. The van der Waals surface area contributed by atoms with Gasteiger partial charge in [-0.3, -0.25) is 19.1 Å². The number of thiazole rings is 1. The molecule has 244 valence electrons. The number of β-lactam (4-membered cyclic amide) rings is 1. The van der Waals surface area contributed by atoms with Crippen LogP contribution in [0.1, 0.15) is 37.9 Å². The second kappa shape index (κ2) is 13.3. The molecule has 4 atom stereocenters. The molecule has 9 N–H and O–H groups in total. The number of amidine groups is 1. The number of aliphatic carboxylic acids is 1. The number of amides is 2. The number of hydroxylamine groups is 2. The Morgan fingerprint density at radius 2 is 1.96 bits per heavy atom. The van der Waals surface area contributed by atoms with Crippen molar-refractivity contribution in [1.29, 1.82) is 0 Å². The van der Waals surface area contributed by atoms with Gasteiger partial charge in [-0.15, -0.1) is 15.6 Å². The second-order valence-electron chi connectivity index (χ2n) is 10.7. The van der Waals surface area contributed by atoms with E-state index < -0.39 is 58.2 Å². The van der Waals surface area contributed by atoms with Crippen molar-refractivity contribution in [2.45, 2.75) is 50.4 Å². The SMILES string of the molecule is CC1(C)[C@H](NC(=O)/C(=N\O[C@@H](COc2ccc(C(N)=NCCC3CC3N)cc2)C(=O)O)c2csc(N)n2)C(=O)N1OS(=O)(=O)O. The molecule has 4 rings (SSSR count). The summed E-state index contributed by atoms with van der Waals surface area (Å²) < 4.78 is 40.9. The number of nitrogen functional groups attached to an aromatic ring is 1. The van der Waals surface area contributed by atoms with Crippen molar-refractivity contribution in [2.75, 3.05) is 18.9 Å². The Morgan fingerprint density at radius 1 is 1.29 bits per heavy atom. The van der Waals surface area contributed by atoms with E-state index in [-0.39, 0.29) is 16.9 Å². The van der Waals surface area contributed by atoms with Gasteiger partial charge < -0.3 is 37.2 Å². The van der Waals surface area contributed by atoms with Crippen molar-refractivity contribution < 1.29 is 46.3 Å². The summed E-state index contributed by atoms with van der Waals surface area (Å²) in [5.74, 6) is -2.37. The highest BCUT2D eigenvalue weighted by molar-refractivity contribution is 7.80. The van der Waals surface area contributed by atoms with E-state index in [4.69, 9.17) is 31.3 Å². The molecule has 2 fully saturated rings. The summed E-state index contributed by atoms with van der Waals surface area (Å²) >= 11 is 0.952. The third-order valence-electron chi connectivity index (χ3n) is 6.96. The van der Waals surface area contributed by atoms with Crippen molar-refractivity contribution in [2.24, 2.45) is 27.5 Å². The van der Waals surface area contributed by atoms with Crippen LogP contribution in [0.3, 0.4) is 0 Å². The number of nitrogens with zero attached hydrogens (tertiary/aromatic N) is 4. The summed E-state index contributed by atoms with van der Waals surface area (Å²) in [7, 11) is -5.02. The number of carbonyl (C=O) groups excluding carboxylic acids is 2. The van der Waals surface area contributed by atoms with Crippen LogP contribution >= 0.6 is 11.3 Å². The van der Waals surface area contributed by atoms with Crippen molar-refractivity contribution in [3.63, 3.8) is 0 Å². The fourth-order valence-electron chi connectivity index (χ4n) is 4.22. The number of hydrogen-bond acceptors (Lipinski definition) is 14. The molecule has 2 unspecified atom stereocenters. The molecule has 1 aliphatic heterocycles. The zero-order chi connectivity index (χ0) is 33.1. The van der Waals surface area contributed by atoms with E-state index >= 15 is 0 Å². The Bertz CT molecular complexity index is 1610. The quantitative estimate of drug-likeness (QED) is 0.0448. The van der Waals surface area contributed by atoms with Gasteiger partial charge in [-0.05, 0) is 56.9 Å². The monoisotopic (exact) mass is 668 g/mol. The highest BCUT2D eigenvalue weighted by Crippen LogP contribution is 2.33. The Balaban J connectivity index is 1.40. The van der Waals surface area contributed by atoms with Crippen LogP contribution in [0.15, 0.2) is 39.8 Å². The minimum atomic E-state index is -5.02. The first-order valence-electron chi connectivity index (χ1n) is 13.4. The zero-order valence-corrected chi connectivity index (χ0v) is 25.7. The standard InChI is InChI=1S/C25H32N8O10S2/c1-25(2)19(22(35)33(25)43-45(38,39)40)31-21(34)18(16-11-44-24(28)30-16)32-42-17(23(36)37)10-41-14-5-3-12(4-6-14)20(27)29-8-7-13-9-15(13)26/h3-6,11,13,15,17,19H,7-10,26H2,1-2H3,(H2,27,29)(H2,28,30)(H,31,34)(H,36,37)(H,38,39,40)/b32-18-/t13?,15?,17-,19+/m0/s1. The van der Waals surface area contributed by atoms with Crippen LogP contribution in [0.2, 0.25) is 0 Å². The van der Waals surface area contributed by atoms with Gasteiger partial charge in [0.2, 0.25) is 0 Å². The maximum absolute atomic E-state index is 13.2. The molecule has 2 heterocycles. The molecule has 20 heteroatoms. The first-order valence-corrected chi connectivity index (χ1v) is 15.6. The van der Waals surface area contributed by atoms with E-state index in [1.165, 1.54) is 19.2 Å². The zero-order valence-electron chi connectivity index (χ0n) is 24.0. The van der Waals surface area contributed by atoms with Gasteiger partial charge in [-0.2, -0.15) is 13.5 Å². The lowest BCUT2D eigenvalue weighted by Crippen LogP contribution is -2.76. The minimum Gasteiger partial charge on any atom is -0.489 e. The average molecular weight is 669 g/mol.